The van der Waals surface area contributed by atoms with Crippen molar-refractivity contribution in [2.24, 2.45) is 10.9 Å². The third kappa shape index (κ3) is 3.70. The number of hydrogen-bond acceptors (Lipinski definition) is 3. The van der Waals surface area contributed by atoms with Gasteiger partial charge in [0.2, 0.25) is 0 Å². The van der Waals surface area contributed by atoms with Gasteiger partial charge in [-0.3, -0.25) is 4.79 Å². The molecule has 3 rings (SSSR count). The number of halogens is 1. The van der Waals surface area contributed by atoms with Crippen LogP contribution in [0, 0.1) is 12.8 Å². The molecule has 1 saturated carbocycles. The summed E-state index contributed by atoms with van der Waals surface area (Å²) < 4.78 is 2.90. The molecule has 128 valence electrons. The average Bonchev–Trinajstić information content (AvgIpc) is 3.26. The van der Waals surface area contributed by atoms with Gasteiger partial charge in [-0.1, -0.05) is 20.8 Å². The minimum Gasteiger partial charge on any atom is -0.320 e. The molecule has 0 aromatic carbocycles. The van der Waals surface area contributed by atoms with E-state index in [1.54, 1.807) is 23.6 Å². The largest absolute Gasteiger partial charge is 0.320 e. The molecule has 24 heavy (non-hydrogen) atoms. The van der Waals surface area contributed by atoms with Crippen molar-refractivity contribution in [3.8, 4) is 0 Å². The number of carbonyl (C=O) groups is 1. The molecule has 0 aliphatic heterocycles. The summed E-state index contributed by atoms with van der Waals surface area (Å²) >= 11 is 5.01. The van der Waals surface area contributed by atoms with E-state index in [9.17, 15) is 4.79 Å². The standard InChI is InChI=1S/C18H22BrN3OS/c1-11-15(18(2,3)4)24-17(22(11)10-12-7-8-12)21-16(23)14-13(19)6-5-9-20-14/h5-6,9,12H,7-8,10H2,1-4H3/b21-17-. The first-order chi connectivity index (χ1) is 11.3. The molecule has 0 saturated heterocycles. The fourth-order valence-electron chi connectivity index (χ4n) is 2.72. The minimum absolute atomic E-state index is 0.0441. The normalized spacial score (nSPS) is 15.8. The maximum absolute atomic E-state index is 12.6. The summed E-state index contributed by atoms with van der Waals surface area (Å²) in [6, 6.07) is 3.61. The summed E-state index contributed by atoms with van der Waals surface area (Å²) in [5.41, 5.74) is 1.63. The van der Waals surface area contributed by atoms with E-state index in [4.69, 9.17) is 0 Å². The van der Waals surface area contributed by atoms with Gasteiger partial charge < -0.3 is 4.57 Å². The van der Waals surface area contributed by atoms with Crippen LogP contribution in [0.1, 0.15) is 54.7 Å². The summed E-state index contributed by atoms with van der Waals surface area (Å²) in [5.74, 6) is 0.426. The molecule has 2 heterocycles. The Balaban J connectivity index is 2.08. The second-order valence-electron chi connectivity index (χ2n) is 7.35. The molecule has 0 radical (unpaired) electrons. The summed E-state index contributed by atoms with van der Waals surface area (Å²) in [7, 11) is 0. The Kier molecular flexibility index (Phi) is 4.80. The van der Waals surface area contributed by atoms with Crippen LogP contribution in [0.2, 0.25) is 0 Å². The van der Waals surface area contributed by atoms with Gasteiger partial charge in [0.25, 0.3) is 5.91 Å². The predicted octanol–water partition coefficient (Wildman–Crippen LogP) is 4.46. The van der Waals surface area contributed by atoms with E-state index in [-0.39, 0.29) is 11.3 Å². The highest BCUT2D eigenvalue weighted by Crippen LogP contribution is 2.33. The Labute approximate surface area is 154 Å². The number of aromatic nitrogens is 2. The van der Waals surface area contributed by atoms with Crippen molar-refractivity contribution >= 4 is 33.2 Å². The van der Waals surface area contributed by atoms with E-state index in [0.29, 0.717) is 10.2 Å². The topological polar surface area (TPSA) is 47.2 Å². The van der Waals surface area contributed by atoms with Gasteiger partial charge >= 0.3 is 0 Å². The lowest BCUT2D eigenvalue weighted by molar-refractivity contribution is 0.0992. The molecule has 0 unspecified atom stereocenters. The first-order valence-electron chi connectivity index (χ1n) is 8.17. The van der Waals surface area contributed by atoms with Crippen LogP contribution in [0.3, 0.4) is 0 Å². The van der Waals surface area contributed by atoms with Crippen LogP contribution < -0.4 is 4.80 Å². The van der Waals surface area contributed by atoms with Crippen LogP contribution in [0.5, 0.6) is 0 Å². The van der Waals surface area contributed by atoms with Crippen LogP contribution in [-0.4, -0.2) is 15.5 Å². The maximum Gasteiger partial charge on any atom is 0.299 e. The Bertz CT molecular complexity index is 841. The maximum atomic E-state index is 12.6. The molecule has 4 nitrogen and oxygen atoms in total. The van der Waals surface area contributed by atoms with Gasteiger partial charge in [-0.2, -0.15) is 4.99 Å². The molecule has 1 aliphatic rings. The molecule has 6 heteroatoms. The first kappa shape index (κ1) is 17.5. The third-order valence-electron chi connectivity index (χ3n) is 4.13. The van der Waals surface area contributed by atoms with E-state index in [1.165, 1.54) is 23.4 Å². The molecule has 0 N–H and O–H groups in total. The summed E-state index contributed by atoms with van der Waals surface area (Å²) in [4.78, 5) is 23.2. The summed E-state index contributed by atoms with van der Waals surface area (Å²) in [6.07, 6.45) is 4.16. The number of amides is 1. The number of thiazole rings is 1. The van der Waals surface area contributed by atoms with Crippen molar-refractivity contribution in [3.63, 3.8) is 0 Å². The molecule has 0 spiro atoms. The Morgan fingerprint density at radius 3 is 2.75 bits per heavy atom. The van der Waals surface area contributed by atoms with E-state index in [0.717, 1.165) is 17.3 Å². The zero-order valence-electron chi connectivity index (χ0n) is 14.5. The van der Waals surface area contributed by atoms with Crippen molar-refractivity contribution in [3.05, 3.63) is 43.9 Å². The van der Waals surface area contributed by atoms with Gasteiger partial charge in [-0.15, -0.1) is 11.3 Å². The van der Waals surface area contributed by atoms with Gasteiger partial charge in [-0.05, 0) is 59.2 Å². The van der Waals surface area contributed by atoms with E-state index < -0.39 is 0 Å². The fourth-order valence-corrected chi connectivity index (χ4v) is 4.34. The highest BCUT2D eigenvalue weighted by molar-refractivity contribution is 9.10. The van der Waals surface area contributed by atoms with Crippen molar-refractivity contribution in [1.29, 1.82) is 0 Å². The highest BCUT2D eigenvalue weighted by atomic mass is 79.9. The van der Waals surface area contributed by atoms with Gasteiger partial charge in [0.1, 0.15) is 5.69 Å². The van der Waals surface area contributed by atoms with Gasteiger partial charge in [-0.25, -0.2) is 4.98 Å². The van der Waals surface area contributed by atoms with Gasteiger partial charge in [0.05, 0.1) is 0 Å². The van der Waals surface area contributed by atoms with Crippen LogP contribution in [-0.2, 0) is 12.0 Å². The van der Waals surface area contributed by atoms with E-state index in [1.807, 2.05) is 6.07 Å². The lowest BCUT2D eigenvalue weighted by Gasteiger charge is -2.17. The molecule has 1 amide bonds. The van der Waals surface area contributed by atoms with Crippen molar-refractivity contribution in [2.45, 2.75) is 52.5 Å². The van der Waals surface area contributed by atoms with Gasteiger partial charge in [0, 0.05) is 27.8 Å². The second kappa shape index (κ2) is 6.56. The average molecular weight is 408 g/mol. The van der Waals surface area contributed by atoms with Crippen molar-refractivity contribution in [2.75, 3.05) is 0 Å². The van der Waals surface area contributed by atoms with Crippen LogP contribution in [0.4, 0.5) is 0 Å². The Morgan fingerprint density at radius 1 is 1.46 bits per heavy atom. The monoisotopic (exact) mass is 407 g/mol. The van der Waals surface area contributed by atoms with Gasteiger partial charge in [0.15, 0.2) is 4.80 Å². The molecular weight excluding hydrogens is 386 g/mol. The SMILES string of the molecule is Cc1c(C(C)(C)C)s/c(=N\C(=O)c2ncccc2Br)n1CC1CC1. The second-order valence-corrected chi connectivity index (χ2v) is 9.19. The lowest BCUT2D eigenvalue weighted by atomic mass is 9.93. The molecular formula is C18H22BrN3OS. The lowest BCUT2D eigenvalue weighted by Crippen LogP contribution is -2.20. The summed E-state index contributed by atoms with van der Waals surface area (Å²) in [5, 5.41) is 0. The van der Waals surface area contributed by atoms with Crippen LogP contribution in [0.15, 0.2) is 27.8 Å². The Hall–Kier alpha value is -1.27. The highest BCUT2D eigenvalue weighted by Gasteiger charge is 2.27. The molecule has 0 atom stereocenters. The number of rotatable bonds is 3. The fraction of sp³-hybridized carbons (Fsp3) is 0.500. The van der Waals surface area contributed by atoms with Crippen LogP contribution >= 0.6 is 27.3 Å². The quantitative estimate of drug-likeness (QED) is 0.753. The molecule has 1 fully saturated rings. The number of carbonyl (C=O) groups excluding carboxylic acids is 1. The smallest absolute Gasteiger partial charge is 0.299 e. The van der Waals surface area contributed by atoms with E-state index in [2.05, 4.69) is 58.2 Å². The zero-order valence-corrected chi connectivity index (χ0v) is 16.9. The third-order valence-corrected chi connectivity index (χ3v) is 6.38. The minimum atomic E-state index is -0.297. The molecule has 2 aromatic rings. The summed E-state index contributed by atoms with van der Waals surface area (Å²) in [6.45, 7) is 9.70. The van der Waals surface area contributed by atoms with Crippen molar-refractivity contribution in [1.82, 2.24) is 9.55 Å². The zero-order chi connectivity index (χ0) is 17.5. The Morgan fingerprint density at radius 2 is 2.17 bits per heavy atom. The molecule has 0 bridgehead atoms. The predicted molar refractivity (Wildman–Crippen MR) is 100 cm³/mol. The van der Waals surface area contributed by atoms with E-state index >= 15 is 0 Å². The van der Waals surface area contributed by atoms with Crippen molar-refractivity contribution < 1.29 is 4.79 Å². The number of nitrogens with zero attached hydrogens (tertiary/aromatic N) is 3. The number of hydrogen-bond donors (Lipinski definition) is 0. The molecule has 2 aromatic heterocycles. The molecule has 1 aliphatic carbocycles. The van der Waals surface area contributed by atoms with Crippen LogP contribution in [0.25, 0.3) is 0 Å². The first-order valence-corrected chi connectivity index (χ1v) is 9.78. The number of pyridine rings is 1.